The van der Waals surface area contributed by atoms with Crippen LogP contribution in [-0.4, -0.2) is 32.9 Å². The van der Waals surface area contributed by atoms with Gasteiger partial charge in [0, 0.05) is 26.3 Å². The number of benzene rings is 1. The zero-order valence-corrected chi connectivity index (χ0v) is 10.0. The summed E-state index contributed by atoms with van der Waals surface area (Å²) in [5.41, 5.74) is 0. The molecule has 0 aliphatic carbocycles. The third-order valence-electron chi connectivity index (χ3n) is 2.14. The van der Waals surface area contributed by atoms with Crippen LogP contribution in [0.15, 0.2) is 18.2 Å². The molecule has 0 bridgehead atoms. The fraction of sp³-hybridized carbons (Fsp3) is 0.500. The van der Waals surface area contributed by atoms with E-state index in [1.807, 2.05) is 6.92 Å². The molecule has 1 unspecified atom stereocenters. The van der Waals surface area contributed by atoms with Crippen molar-refractivity contribution in [2.45, 2.75) is 13.0 Å². The van der Waals surface area contributed by atoms with E-state index in [4.69, 9.17) is 9.47 Å². The molecule has 0 aliphatic rings. The van der Waals surface area contributed by atoms with Gasteiger partial charge in [0.15, 0.2) is 11.6 Å². The summed E-state index contributed by atoms with van der Waals surface area (Å²) in [5.74, 6) is -1.45. The monoisotopic (exact) mass is 245 g/mol. The van der Waals surface area contributed by atoms with Gasteiger partial charge in [-0.3, -0.25) is 0 Å². The molecule has 0 saturated carbocycles. The smallest absolute Gasteiger partial charge is 0.162 e. The van der Waals surface area contributed by atoms with Crippen LogP contribution in [0.4, 0.5) is 8.78 Å². The van der Waals surface area contributed by atoms with E-state index >= 15 is 0 Å². The quantitative estimate of drug-likeness (QED) is 0.745. The first-order chi connectivity index (χ1) is 8.13. The van der Waals surface area contributed by atoms with Crippen LogP contribution in [0.1, 0.15) is 6.92 Å². The number of rotatable bonds is 7. The summed E-state index contributed by atoms with van der Waals surface area (Å²) in [5, 5.41) is 3.11. The summed E-state index contributed by atoms with van der Waals surface area (Å²) in [4.78, 5) is 0. The van der Waals surface area contributed by atoms with Crippen molar-refractivity contribution >= 4 is 0 Å². The van der Waals surface area contributed by atoms with E-state index in [0.717, 1.165) is 18.7 Å². The number of nitrogens with one attached hydrogen (secondary N) is 1. The number of hydrogen-bond acceptors (Lipinski definition) is 3. The van der Waals surface area contributed by atoms with Crippen molar-refractivity contribution in [3.05, 3.63) is 29.8 Å². The Morgan fingerprint density at radius 3 is 2.71 bits per heavy atom. The summed E-state index contributed by atoms with van der Waals surface area (Å²) in [6.07, 6.45) is -0.128. The van der Waals surface area contributed by atoms with E-state index < -0.39 is 11.6 Å². The standard InChI is InChI=1S/C12H17F2NO2/c1-9(8-15-5-6-16-2)17-10-3-4-11(13)12(14)7-10/h3-4,7,9,15H,5-6,8H2,1-2H3. The number of hydrogen-bond donors (Lipinski definition) is 1. The molecule has 0 aliphatic heterocycles. The lowest BCUT2D eigenvalue weighted by Crippen LogP contribution is -2.31. The number of halogens is 2. The molecule has 0 saturated heterocycles. The molecule has 0 heterocycles. The fourth-order valence-corrected chi connectivity index (χ4v) is 1.30. The second kappa shape index (κ2) is 7.19. The van der Waals surface area contributed by atoms with Crippen molar-refractivity contribution in [3.8, 4) is 5.75 Å². The summed E-state index contributed by atoms with van der Waals surface area (Å²) in [6, 6.07) is 3.50. The van der Waals surface area contributed by atoms with Gasteiger partial charge in [-0.15, -0.1) is 0 Å². The molecular formula is C12H17F2NO2. The van der Waals surface area contributed by atoms with Gasteiger partial charge < -0.3 is 14.8 Å². The van der Waals surface area contributed by atoms with Crippen molar-refractivity contribution in [2.24, 2.45) is 0 Å². The van der Waals surface area contributed by atoms with E-state index in [9.17, 15) is 8.78 Å². The minimum Gasteiger partial charge on any atom is -0.489 e. The first-order valence-corrected chi connectivity index (χ1v) is 5.45. The Morgan fingerprint density at radius 1 is 1.29 bits per heavy atom. The molecule has 0 radical (unpaired) electrons. The Kier molecular flexibility index (Phi) is 5.86. The van der Waals surface area contributed by atoms with Crippen LogP contribution in [-0.2, 0) is 4.74 Å². The van der Waals surface area contributed by atoms with E-state index in [1.165, 1.54) is 6.07 Å². The molecule has 5 heteroatoms. The Labute approximate surface area is 99.7 Å². The second-order valence-corrected chi connectivity index (χ2v) is 3.70. The average Bonchev–Trinajstić information content (AvgIpc) is 2.30. The molecule has 96 valence electrons. The zero-order chi connectivity index (χ0) is 12.7. The van der Waals surface area contributed by atoms with Gasteiger partial charge in [0.05, 0.1) is 6.61 Å². The second-order valence-electron chi connectivity index (χ2n) is 3.70. The molecular weight excluding hydrogens is 228 g/mol. The summed E-state index contributed by atoms with van der Waals surface area (Å²) >= 11 is 0. The highest BCUT2D eigenvalue weighted by Gasteiger charge is 2.07. The third kappa shape index (κ3) is 5.10. The van der Waals surface area contributed by atoms with E-state index in [0.29, 0.717) is 18.9 Å². The van der Waals surface area contributed by atoms with Crippen LogP contribution in [0.2, 0.25) is 0 Å². The van der Waals surface area contributed by atoms with Gasteiger partial charge in [0.2, 0.25) is 0 Å². The van der Waals surface area contributed by atoms with Crippen molar-refractivity contribution in [2.75, 3.05) is 26.8 Å². The normalized spacial score (nSPS) is 12.5. The van der Waals surface area contributed by atoms with E-state index in [-0.39, 0.29) is 6.10 Å². The Hall–Kier alpha value is -1.20. The van der Waals surface area contributed by atoms with Crippen LogP contribution >= 0.6 is 0 Å². The summed E-state index contributed by atoms with van der Waals surface area (Å²) in [7, 11) is 1.63. The molecule has 0 aromatic heterocycles. The summed E-state index contributed by atoms with van der Waals surface area (Å²) < 4.78 is 35.9. The van der Waals surface area contributed by atoms with Gasteiger partial charge in [-0.1, -0.05) is 0 Å². The van der Waals surface area contributed by atoms with Crippen LogP contribution in [0.25, 0.3) is 0 Å². The van der Waals surface area contributed by atoms with Crippen LogP contribution in [0, 0.1) is 11.6 Å². The van der Waals surface area contributed by atoms with Gasteiger partial charge in [-0.2, -0.15) is 0 Å². The maximum absolute atomic E-state index is 12.9. The molecule has 0 amide bonds. The van der Waals surface area contributed by atoms with E-state index in [1.54, 1.807) is 7.11 Å². The van der Waals surface area contributed by atoms with Gasteiger partial charge in [-0.05, 0) is 19.1 Å². The molecule has 1 N–H and O–H groups in total. The van der Waals surface area contributed by atoms with Gasteiger partial charge in [0.1, 0.15) is 11.9 Å². The SMILES string of the molecule is COCCNCC(C)Oc1ccc(F)c(F)c1. The zero-order valence-electron chi connectivity index (χ0n) is 10.0. The van der Waals surface area contributed by atoms with Crippen LogP contribution in [0.5, 0.6) is 5.75 Å². The van der Waals surface area contributed by atoms with Crippen molar-refractivity contribution < 1.29 is 18.3 Å². The molecule has 1 atom stereocenters. The van der Waals surface area contributed by atoms with Crippen LogP contribution < -0.4 is 10.1 Å². The Balaban J connectivity index is 2.34. The predicted molar refractivity (Wildman–Crippen MR) is 61.2 cm³/mol. The lowest BCUT2D eigenvalue weighted by molar-refractivity contribution is 0.184. The first kappa shape index (κ1) is 13.9. The molecule has 3 nitrogen and oxygen atoms in total. The highest BCUT2D eigenvalue weighted by atomic mass is 19.2. The third-order valence-corrected chi connectivity index (χ3v) is 2.14. The number of ether oxygens (including phenoxy) is 2. The lowest BCUT2D eigenvalue weighted by Gasteiger charge is -2.15. The molecule has 1 aromatic carbocycles. The van der Waals surface area contributed by atoms with Crippen molar-refractivity contribution in [1.29, 1.82) is 0 Å². The van der Waals surface area contributed by atoms with Crippen LogP contribution in [0.3, 0.4) is 0 Å². The largest absolute Gasteiger partial charge is 0.489 e. The molecule has 1 rings (SSSR count). The average molecular weight is 245 g/mol. The molecule has 1 aromatic rings. The molecule has 0 spiro atoms. The lowest BCUT2D eigenvalue weighted by atomic mass is 10.3. The predicted octanol–water partition coefficient (Wildman–Crippen LogP) is 1.97. The first-order valence-electron chi connectivity index (χ1n) is 5.45. The Morgan fingerprint density at radius 2 is 2.06 bits per heavy atom. The Bertz CT molecular complexity index is 347. The minimum atomic E-state index is -0.901. The van der Waals surface area contributed by atoms with Gasteiger partial charge >= 0.3 is 0 Å². The summed E-state index contributed by atoms with van der Waals surface area (Å²) in [6.45, 7) is 3.81. The minimum absolute atomic E-state index is 0.128. The van der Waals surface area contributed by atoms with Gasteiger partial charge in [-0.25, -0.2) is 8.78 Å². The highest BCUT2D eigenvalue weighted by Crippen LogP contribution is 2.16. The highest BCUT2D eigenvalue weighted by molar-refractivity contribution is 5.23. The maximum Gasteiger partial charge on any atom is 0.162 e. The van der Waals surface area contributed by atoms with Gasteiger partial charge in [0.25, 0.3) is 0 Å². The van der Waals surface area contributed by atoms with E-state index in [2.05, 4.69) is 5.32 Å². The fourth-order valence-electron chi connectivity index (χ4n) is 1.30. The maximum atomic E-state index is 12.9. The topological polar surface area (TPSA) is 30.5 Å². The molecule has 0 fully saturated rings. The van der Waals surface area contributed by atoms with Crippen molar-refractivity contribution in [1.82, 2.24) is 5.32 Å². The van der Waals surface area contributed by atoms with Crippen molar-refractivity contribution in [3.63, 3.8) is 0 Å². The molecule has 17 heavy (non-hydrogen) atoms. The number of methoxy groups -OCH3 is 1.